The fourth-order valence-electron chi connectivity index (χ4n) is 2.09. The minimum atomic E-state index is -2.60. The first kappa shape index (κ1) is 14.2. The normalized spacial score (nSPS) is 18.6. The van der Waals surface area contributed by atoms with Gasteiger partial charge in [-0.05, 0) is 12.1 Å². The topological polar surface area (TPSA) is 72.6 Å². The molecular weight excluding hydrogens is 270 g/mol. The van der Waals surface area contributed by atoms with Gasteiger partial charge in [0.15, 0.2) is 0 Å². The van der Waals surface area contributed by atoms with Crippen LogP contribution in [0, 0.1) is 5.92 Å². The Bertz CT molecular complexity index is 522. The number of hydrogen-bond donors (Lipinski definition) is 1. The van der Waals surface area contributed by atoms with Gasteiger partial charge in [-0.2, -0.15) is 0 Å². The molecule has 108 valence electrons. The maximum absolute atomic E-state index is 12.2. The number of amides is 2. The quantitative estimate of drug-likeness (QED) is 0.882. The Morgan fingerprint density at radius 2 is 2.15 bits per heavy atom. The van der Waals surface area contributed by atoms with Gasteiger partial charge in [0.2, 0.25) is 11.8 Å². The van der Waals surface area contributed by atoms with Crippen LogP contribution in [0.15, 0.2) is 24.3 Å². The molecule has 2 N–H and O–H groups in total. The largest absolute Gasteiger partial charge is 0.485 e. The van der Waals surface area contributed by atoms with Gasteiger partial charge in [0.1, 0.15) is 12.4 Å². The highest BCUT2D eigenvalue weighted by Gasteiger charge is 2.35. The molecular formula is C13H14F2N2O3. The number of primary amides is 1. The van der Waals surface area contributed by atoms with Crippen LogP contribution >= 0.6 is 0 Å². The van der Waals surface area contributed by atoms with Gasteiger partial charge in [0.25, 0.3) is 6.43 Å². The molecule has 1 aliphatic heterocycles. The first-order valence-corrected chi connectivity index (χ1v) is 6.08. The number of anilines is 1. The second-order valence-electron chi connectivity index (χ2n) is 4.48. The number of alkyl halides is 2. The van der Waals surface area contributed by atoms with Gasteiger partial charge < -0.3 is 15.4 Å². The number of ether oxygens (including phenoxy) is 1. The molecule has 1 aromatic rings. The standard InChI is InChI=1S/C13H14F2N2O3/c14-11(15)7-20-10-4-2-1-3-9(10)17-6-8(13(16)19)5-12(17)18/h1-4,8,11H,5-7H2,(H2,16,19). The van der Waals surface area contributed by atoms with E-state index < -0.39 is 24.9 Å². The van der Waals surface area contributed by atoms with E-state index in [2.05, 4.69) is 0 Å². The summed E-state index contributed by atoms with van der Waals surface area (Å²) >= 11 is 0. The van der Waals surface area contributed by atoms with E-state index in [1.165, 1.54) is 11.0 Å². The molecule has 1 aromatic carbocycles. The Kier molecular flexibility index (Phi) is 4.16. The number of nitrogens with two attached hydrogens (primary N) is 1. The summed E-state index contributed by atoms with van der Waals surface area (Å²) in [5.41, 5.74) is 5.57. The number of carbonyl (C=O) groups is 2. The maximum Gasteiger partial charge on any atom is 0.272 e. The van der Waals surface area contributed by atoms with Crippen molar-refractivity contribution in [3.05, 3.63) is 24.3 Å². The van der Waals surface area contributed by atoms with Gasteiger partial charge in [0, 0.05) is 13.0 Å². The molecule has 0 bridgehead atoms. The van der Waals surface area contributed by atoms with E-state index in [0.29, 0.717) is 5.69 Å². The molecule has 0 spiro atoms. The number of benzene rings is 1. The maximum atomic E-state index is 12.2. The van der Waals surface area contributed by atoms with Crippen LogP contribution < -0.4 is 15.4 Å². The third-order valence-corrected chi connectivity index (χ3v) is 3.05. The number of halogens is 2. The minimum Gasteiger partial charge on any atom is -0.485 e. The zero-order valence-electron chi connectivity index (χ0n) is 10.6. The minimum absolute atomic E-state index is 0.0263. The molecule has 0 saturated carbocycles. The van der Waals surface area contributed by atoms with E-state index in [-0.39, 0.29) is 24.6 Å². The molecule has 1 atom stereocenters. The van der Waals surface area contributed by atoms with Crippen LogP contribution in [0.2, 0.25) is 0 Å². The highest BCUT2D eigenvalue weighted by molar-refractivity contribution is 6.01. The molecule has 7 heteroatoms. The van der Waals surface area contributed by atoms with E-state index in [0.717, 1.165) is 0 Å². The highest BCUT2D eigenvalue weighted by Crippen LogP contribution is 2.33. The van der Waals surface area contributed by atoms with E-state index >= 15 is 0 Å². The number of para-hydroxylation sites is 2. The smallest absolute Gasteiger partial charge is 0.272 e. The van der Waals surface area contributed by atoms with Gasteiger partial charge in [-0.1, -0.05) is 12.1 Å². The number of nitrogens with zero attached hydrogens (tertiary/aromatic N) is 1. The third-order valence-electron chi connectivity index (χ3n) is 3.05. The van der Waals surface area contributed by atoms with E-state index in [1.54, 1.807) is 18.2 Å². The molecule has 5 nitrogen and oxygen atoms in total. The van der Waals surface area contributed by atoms with Crippen molar-refractivity contribution in [1.82, 2.24) is 0 Å². The fraction of sp³-hybridized carbons (Fsp3) is 0.385. The monoisotopic (exact) mass is 284 g/mol. The summed E-state index contributed by atoms with van der Waals surface area (Å²) in [6, 6.07) is 6.37. The summed E-state index contributed by atoms with van der Waals surface area (Å²) in [6.45, 7) is -0.610. The van der Waals surface area contributed by atoms with Gasteiger partial charge in [-0.15, -0.1) is 0 Å². The molecule has 1 saturated heterocycles. The summed E-state index contributed by atoms with van der Waals surface area (Å²) < 4.78 is 29.4. The van der Waals surface area contributed by atoms with Crippen LogP contribution in [0.3, 0.4) is 0 Å². The molecule has 1 aliphatic rings. The Morgan fingerprint density at radius 3 is 2.75 bits per heavy atom. The lowest BCUT2D eigenvalue weighted by Crippen LogP contribution is -2.28. The van der Waals surface area contributed by atoms with Gasteiger partial charge in [-0.3, -0.25) is 9.59 Å². The lowest BCUT2D eigenvalue weighted by atomic mass is 10.1. The molecule has 1 fully saturated rings. The molecule has 0 radical (unpaired) electrons. The second kappa shape index (κ2) is 5.85. The average Bonchev–Trinajstić information content (AvgIpc) is 2.79. The Balaban J connectivity index is 2.20. The number of rotatable bonds is 5. The second-order valence-corrected chi connectivity index (χ2v) is 4.48. The molecule has 1 unspecified atom stereocenters. The van der Waals surface area contributed by atoms with Gasteiger partial charge in [0.05, 0.1) is 11.6 Å². The fourth-order valence-corrected chi connectivity index (χ4v) is 2.09. The molecule has 1 heterocycles. The van der Waals surface area contributed by atoms with Crippen LogP contribution in [0.1, 0.15) is 6.42 Å². The van der Waals surface area contributed by atoms with Crippen molar-refractivity contribution in [2.75, 3.05) is 18.1 Å². The molecule has 2 rings (SSSR count). The third kappa shape index (κ3) is 3.04. The predicted molar refractivity (Wildman–Crippen MR) is 67.6 cm³/mol. The zero-order chi connectivity index (χ0) is 14.7. The molecule has 0 aromatic heterocycles. The van der Waals surface area contributed by atoms with Crippen molar-refractivity contribution >= 4 is 17.5 Å². The Morgan fingerprint density at radius 1 is 1.45 bits per heavy atom. The van der Waals surface area contributed by atoms with E-state index in [9.17, 15) is 18.4 Å². The van der Waals surface area contributed by atoms with Crippen molar-refractivity contribution in [1.29, 1.82) is 0 Å². The average molecular weight is 284 g/mol. The van der Waals surface area contributed by atoms with Gasteiger partial charge >= 0.3 is 0 Å². The van der Waals surface area contributed by atoms with Crippen molar-refractivity contribution in [2.24, 2.45) is 11.7 Å². The Labute approximate surface area is 114 Å². The van der Waals surface area contributed by atoms with Crippen LogP contribution in [0.5, 0.6) is 5.75 Å². The van der Waals surface area contributed by atoms with Crippen LogP contribution in [0.25, 0.3) is 0 Å². The van der Waals surface area contributed by atoms with E-state index in [4.69, 9.17) is 10.5 Å². The Hall–Kier alpha value is -2.18. The lowest BCUT2D eigenvalue weighted by molar-refractivity contribution is -0.123. The molecule has 0 aliphatic carbocycles. The van der Waals surface area contributed by atoms with Crippen molar-refractivity contribution in [3.63, 3.8) is 0 Å². The molecule has 20 heavy (non-hydrogen) atoms. The highest BCUT2D eigenvalue weighted by atomic mass is 19.3. The SMILES string of the molecule is NC(=O)C1CC(=O)N(c2ccccc2OCC(F)F)C1. The van der Waals surface area contributed by atoms with Crippen molar-refractivity contribution in [3.8, 4) is 5.75 Å². The van der Waals surface area contributed by atoms with Crippen LogP contribution in [-0.2, 0) is 9.59 Å². The van der Waals surface area contributed by atoms with Gasteiger partial charge in [-0.25, -0.2) is 8.78 Å². The lowest BCUT2D eigenvalue weighted by Gasteiger charge is -2.20. The number of hydrogen-bond acceptors (Lipinski definition) is 3. The first-order valence-electron chi connectivity index (χ1n) is 6.08. The predicted octanol–water partition coefficient (Wildman–Crippen LogP) is 1.17. The number of carbonyl (C=O) groups excluding carboxylic acids is 2. The zero-order valence-corrected chi connectivity index (χ0v) is 10.6. The van der Waals surface area contributed by atoms with E-state index in [1.807, 2.05) is 0 Å². The summed E-state index contributed by atoms with van der Waals surface area (Å²) in [5, 5.41) is 0. The van der Waals surface area contributed by atoms with Crippen LogP contribution in [0.4, 0.5) is 14.5 Å². The summed E-state index contributed by atoms with van der Waals surface area (Å²) in [6.07, 6.45) is -2.57. The summed E-state index contributed by atoms with van der Waals surface area (Å²) in [4.78, 5) is 24.4. The van der Waals surface area contributed by atoms with Crippen molar-refractivity contribution < 1.29 is 23.1 Å². The first-order chi connectivity index (χ1) is 9.49. The molecule has 2 amide bonds. The summed E-state index contributed by atoms with van der Waals surface area (Å²) in [5.74, 6) is -1.20. The van der Waals surface area contributed by atoms with Crippen molar-refractivity contribution in [2.45, 2.75) is 12.8 Å². The summed E-state index contributed by atoms with van der Waals surface area (Å²) in [7, 11) is 0. The van der Waals surface area contributed by atoms with Crippen LogP contribution in [-0.4, -0.2) is 31.4 Å².